The zero-order valence-electron chi connectivity index (χ0n) is 10.9. The van der Waals surface area contributed by atoms with Gasteiger partial charge in [-0.05, 0) is 19.9 Å². The second-order valence-corrected chi connectivity index (χ2v) is 3.71. The molecule has 0 saturated heterocycles. The Morgan fingerprint density at radius 3 is 2.26 bits per heavy atom. The lowest BCUT2D eigenvalue weighted by atomic mass is 9.97. The fourth-order valence-corrected chi connectivity index (χ4v) is 1.56. The van der Waals surface area contributed by atoms with Crippen LogP contribution in [-0.2, 0) is 19.1 Å². The maximum atomic E-state index is 11.8. The highest BCUT2D eigenvalue weighted by atomic mass is 16.6. The topological polar surface area (TPSA) is 85.7 Å². The first-order valence-electron chi connectivity index (χ1n) is 6.03. The van der Waals surface area contributed by atoms with Gasteiger partial charge in [0, 0.05) is 18.0 Å². The van der Waals surface area contributed by atoms with Gasteiger partial charge in [-0.3, -0.25) is 14.6 Å². The maximum Gasteiger partial charge on any atom is 0.323 e. The lowest BCUT2D eigenvalue weighted by Crippen LogP contribution is -2.33. The number of aliphatic hydroxyl groups excluding tert-OH is 1. The Kier molecular flexibility index (Phi) is 5.95. The Bertz CT molecular complexity index is 402. The minimum absolute atomic E-state index is 0.120. The summed E-state index contributed by atoms with van der Waals surface area (Å²) in [7, 11) is 0. The molecule has 6 nitrogen and oxygen atoms in total. The van der Waals surface area contributed by atoms with E-state index in [2.05, 4.69) is 4.98 Å². The molecule has 104 valence electrons. The number of nitrogens with zero attached hydrogens (tertiary/aromatic N) is 1. The van der Waals surface area contributed by atoms with Crippen LogP contribution in [0.25, 0.3) is 0 Å². The van der Waals surface area contributed by atoms with E-state index < -0.39 is 24.0 Å². The molecule has 1 rings (SSSR count). The SMILES string of the molecule is CCOC(=O)C(C(=O)OCC)C(O)c1cccnc1. The van der Waals surface area contributed by atoms with E-state index in [4.69, 9.17) is 9.47 Å². The van der Waals surface area contributed by atoms with Crippen LogP contribution in [0.2, 0.25) is 0 Å². The molecule has 0 aromatic carbocycles. The van der Waals surface area contributed by atoms with Crippen LogP contribution in [0.15, 0.2) is 24.5 Å². The highest BCUT2D eigenvalue weighted by molar-refractivity contribution is 5.95. The van der Waals surface area contributed by atoms with Crippen molar-refractivity contribution in [3.05, 3.63) is 30.1 Å². The van der Waals surface area contributed by atoms with Crippen molar-refractivity contribution in [3.63, 3.8) is 0 Å². The molecule has 1 unspecified atom stereocenters. The lowest BCUT2D eigenvalue weighted by molar-refractivity contribution is -0.167. The second-order valence-electron chi connectivity index (χ2n) is 3.71. The van der Waals surface area contributed by atoms with Crippen LogP contribution in [0.1, 0.15) is 25.5 Å². The molecule has 1 atom stereocenters. The number of aliphatic hydroxyl groups is 1. The van der Waals surface area contributed by atoms with Crippen molar-refractivity contribution in [1.29, 1.82) is 0 Å². The summed E-state index contributed by atoms with van der Waals surface area (Å²) in [4.78, 5) is 27.4. The molecule has 0 spiro atoms. The summed E-state index contributed by atoms with van der Waals surface area (Å²) < 4.78 is 9.59. The summed E-state index contributed by atoms with van der Waals surface area (Å²) in [5.41, 5.74) is 0.355. The van der Waals surface area contributed by atoms with Gasteiger partial charge in [0.05, 0.1) is 13.2 Å². The van der Waals surface area contributed by atoms with Crippen LogP contribution >= 0.6 is 0 Å². The molecule has 1 N–H and O–H groups in total. The number of ether oxygens (including phenoxy) is 2. The Morgan fingerprint density at radius 1 is 1.26 bits per heavy atom. The highest BCUT2D eigenvalue weighted by Gasteiger charge is 2.37. The van der Waals surface area contributed by atoms with Crippen molar-refractivity contribution < 1.29 is 24.2 Å². The number of hydrogen-bond donors (Lipinski definition) is 1. The quantitative estimate of drug-likeness (QED) is 0.607. The van der Waals surface area contributed by atoms with Crippen LogP contribution in [0.5, 0.6) is 0 Å². The van der Waals surface area contributed by atoms with Gasteiger partial charge < -0.3 is 14.6 Å². The molecule has 1 aromatic heterocycles. The van der Waals surface area contributed by atoms with Gasteiger partial charge in [-0.2, -0.15) is 0 Å². The van der Waals surface area contributed by atoms with Gasteiger partial charge in [-0.25, -0.2) is 0 Å². The number of hydrogen-bond acceptors (Lipinski definition) is 6. The average Bonchev–Trinajstić information content (AvgIpc) is 2.40. The minimum atomic E-state index is -1.40. The number of carbonyl (C=O) groups excluding carboxylic acids is 2. The molecule has 1 heterocycles. The molecule has 0 aliphatic rings. The van der Waals surface area contributed by atoms with Crippen LogP contribution in [0.3, 0.4) is 0 Å². The number of pyridine rings is 1. The first kappa shape index (κ1) is 15.1. The van der Waals surface area contributed by atoms with Gasteiger partial charge in [-0.15, -0.1) is 0 Å². The zero-order valence-corrected chi connectivity index (χ0v) is 10.9. The molecule has 1 aromatic rings. The third kappa shape index (κ3) is 4.03. The summed E-state index contributed by atoms with van der Waals surface area (Å²) in [6.07, 6.45) is 1.57. The van der Waals surface area contributed by atoms with Crippen LogP contribution in [0.4, 0.5) is 0 Å². The van der Waals surface area contributed by atoms with Gasteiger partial charge in [0.25, 0.3) is 0 Å². The predicted molar refractivity (Wildman–Crippen MR) is 66.0 cm³/mol. The molecule has 0 aliphatic carbocycles. The monoisotopic (exact) mass is 267 g/mol. The van der Waals surface area contributed by atoms with E-state index in [1.54, 1.807) is 26.0 Å². The van der Waals surface area contributed by atoms with E-state index in [0.29, 0.717) is 5.56 Å². The van der Waals surface area contributed by atoms with Gasteiger partial charge in [0.2, 0.25) is 0 Å². The third-order valence-electron chi connectivity index (χ3n) is 2.42. The molecule has 6 heteroatoms. The van der Waals surface area contributed by atoms with Crippen molar-refractivity contribution >= 4 is 11.9 Å². The predicted octanol–water partition coefficient (Wildman–Crippen LogP) is 0.857. The van der Waals surface area contributed by atoms with Gasteiger partial charge in [0.1, 0.15) is 6.10 Å². The van der Waals surface area contributed by atoms with E-state index in [0.717, 1.165) is 0 Å². The first-order valence-corrected chi connectivity index (χ1v) is 6.03. The maximum absolute atomic E-state index is 11.8. The summed E-state index contributed by atoms with van der Waals surface area (Å²) >= 11 is 0. The van der Waals surface area contributed by atoms with Crippen LogP contribution in [-0.4, -0.2) is 35.2 Å². The van der Waals surface area contributed by atoms with Crippen LogP contribution in [0, 0.1) is 5.92 Å². The standard InChI is InChI=1S/C13H17NO5/c1-3-18-12(16)10(13(17)19-4-2)11(15)9-6-5-7-14-8-9/h5-8,10-11,15H,3-4H2,1-2H3. The second kappa shape index (κ2) is 7.48. The molecule has 0 saturated carbocycles. The smallest absolute Gasteiger partial charge is 0.323 e. The molecule has 0 radical (unpaired) electrons. The summed E-state index contributed by atoms with van der Waals surface area (Å²) in [5.74, 6) is -3.02. The average molecular weight is 267 g/mol. The largest absolute Gasteiger partial charge is 0.465 e. The number of aromatic nitrogens is 1. The van der Waals surface area contributed by atoms with E-state index in [9.17, 15) is 14.7 Å². The van der Waals surface area contributed by atoms with E-state index in [1.165, 1.54) is 12.4 Å². The molecular weight excluding hydrogens is 250 g/mol. The normalized spacial score (nSPS) is 12.0. The molecule has 0 aliphatic heterocycles. The Morgan fingerprint density at radius 2 is 1.84 bits per heavy atom. The lowest BCUT2D eigenvalue weighted by Gasteiger charge is -2.19. The Labute approximate surface area is 111 Å². The fraction of sp³-hybridized carbons (Fsp3) is 0.462. The molecular formula is C13H17NO5. The molecule has 0 amide bonds. The van der Waals surface area contributed by atoms with Crippen LogP contribution < -0.4 is 0 Å². The van der Waals surface area contributed by atoms with Gasteiger partial charge >= 0.3 is 11.9 Å². The van der Waals surface area contributed by atoms with Crippen molar-refractivity contribution in [3.8, 4) is 0 Å². The van der Waals surface area contributed by atoms with E-state index in [-0.39, 0.29) is 13.2 Å². The Hall–Kier alpha value is -1.95. The summed E-state index contributed by atoms with van der Waals surface area (Å²) in [6, 6.07) is 3.18. The van der Waals surface area contributed by atoms with E-state index >= 15 is 0 Å². The van der Waals surface area contributed by atoms with Crippen molar-refractivity contribution in [2.24, 2.45) is 5.92 Å². The van der Waals surface area contributed by atoms with Gasteiger partial charge in [0.15, 0.2) is 5.92 Å². The van der Waals surface area contributed by atoms with E-state index in [1.807, 2.05) is 0 Å². The summed E-state index contributed by atoms with van der Waals surface area (Å²) in [5, 5.41) is 10.1. The zero-order chi connectivity index (χ0) is 14.3. The summed E-state index contributed by atoms with van der Waals surface area (Å²) in [6.45, 7) is 3.48. The van der Waals surface area contributed by atoms with Crippen molar-refractivity contribution in [1.82, 2.24) is 4.98 Å². The first-order chi connectivity index (χ1) is 9.11. The number of rotatable bonds is 6. The molecule has 0 bridgehead atoms. The number of esters is 2. The van der Waals surface area contributed by atoms with Crippen molar-refractivity contribution in [2.45, 2.75) is 20.0 Å². The molecule has 19 heavy (non-hydrogen) atoms. The minimum Gasteiger partial charge on any atom is -0.465 e. The van der Waals surface area contributed by atoms with Crippen molar-refractivity contribution in [2.75, 3.05) is 13.2 Å². The Balaban J connectivity index is 2.95. The fourth-order valence-electron chi connectivity index (χ4n) is 1.56. The van der Waals surface area contributed by atoms with Gasteiger partial charge in [-0.1, -0.05) is 6.07 Å². The molecule has 0 fully saturated rings. The highest BCUT2D eigenvalue weighted by Crippen LogP contribution is 2.24. The number of carbonyl (C=O) groups is 2. The third-order valence-corrected chi connectivity index (χ3v) is 2.42.